The molecule has 1 atom stereocenters. The van der Waals surface area contributed by atoms with E-state index in [2.05, 4.69) is 77.3 Å². The van der Waals surface area contributed by atoms with E-state index in [1.54, 1.807) is 31.3 Å². The van der Waals surface area contributed by atoms with Crippen LogP contribution < -0.4 is 21.9 Å². The molecule has 2 aromatic rings. The van der Waals surface area contributed by atoms with Crippen molar-refractivity contribution < 1.29 is 19.5 Å². The van der Waals surface area contributed by atoms with Gasteiger partial charge in [0.2, 0.25) is 6.41 Å². The number of aldehydes is 2. The number of phenols is 1. The van der Waals surface area contributed by atoms with Gasteiger partial charge in [-0.2, -0.15) is 0 Å². The minimum atomic E-state index is 0.178. The number of aryl methyl sites for hydroxylation is 1. The molecule has 6 N–H and O–H groups in total. The van der Waals surface area contributed by atoms with Crippen LogP contribution in [0.5, 0.6) is 5.75 Å². The zero-order chi connectivity index (χ0) is 33.1. The molecule has 43 heavy (non-hydrogen) atoms. The maximum atomic E-state index is 10.8. The van der Waals surface area contributed by atoms with Crippen molar-refractivity contribution in [2.24, 2.45) is 5.84 Å². The molecule has 0 heterocycles. The number of rotatable bonds is 16. The van der Waals surface area contributed by atoms with Crippen LogP contribution >= 0.6 is 0 Å². The summed E-state index contributed by atoms with van der Waals surface area (Å²) in [7, 11) is 5.69. The molecule has 0 radical (unpaired) electrons. The van der Waals surface area contributed by atoms with Crippen LogP contribution in [0.4, 0.5) is 0 Å². The Hall–Kier alpha value is -3.67. The van der Waals surface area contributed by atoms with Crippen molar-refractivity contribution in [1.29, 1.82) is 0 Å². The summed E-state index contributed by atoms with van der Waals surface area (Å²) < 4.78 is 0. The lowest BCUT2D eigenvalue weighted by Gasteiger charge is -2.31. The Balaban J connectivity index is -0.000000588. The minimum Gasteiger partial charge on any atom is -0.508 e. The van der Waals surface area contributed by atoms with Crippen molar-refractivity contribution in [3.05, 3.63) is 91.0 Å². The number of aromatic hydroxyl groups is 1. The van der Waals surface area contributed by atoms with Crippen LogP contribution in [0.1, 0.15) is 37.3 Å². The number of unbranched alkanes of at least 4 members (excludes halogenated alkanes) is 1. The monoisotopic (exact) mass is 600 g/mol. The van der Waals surface area contributed by atoms with Gasteiger partial charge in [0, 0.05) is 33.1 Å². The van der Waals surface area contributed by atoms with Crippen molar-refractivity contribution in [3.8, 4) is 5.75 Å². The van der Waals surface area contributed by atoms with Gasteiger partial charge in [0.1, 0.15) is 18.3 Å². The Morgan fingerprint density at radius 2 is 1.58 bits per heavy atom. The lowest BCUT2D eigenvalue weighted by molar-refractivity contribution is -0.109. The van der Waals surface area contributed by atoms with Crippen LogP contribution in [0.25, 0.3) is 0 Å². The average molecular weight is 601 g/mol. The first kappa shape index (κ1) is 43.8. The molecule has 0 saturated heterocycles. The molecule has 242 valence electrons. The fourth-order valence-corrected chi connectivity index (χ4v) is 2.95. The number of carbonyl (C=O) groups is 3. The first-order valence-electron chi connectivity index (χ1n) is 14.3. The second-order valence-corrected chi connectivity index (χ2v) is 9.23. The van der Waals surface area contributed by atoms with E-state index in [0.717, 1.165) is 32.2 Å². The lowest BCUT2D eigenvalue weighted by Crippen LogP contribution is -2.50. The third kappa shape index (κ3) is 32.7. The number of hydrogen-bond acceptors (Lipinski definition) is 9. The summed E-state index contributed by atoms with van der Waals surface area (Å²) in [6.07, 6.45) is 8.72. The van der Waals surface area contributed by atoms with Crippen molar-refractivity contribution in [3.63, 3.8) is 0 Å². The first-order valence-corrected chi connectivity index (χ1v) is 14.3. The molecule has 2 rings (SSSR count). The van der Waals surface area contributed by atoms with E-state index in [1.807, 2.05) is 32.2 Å². The topological polar surface area (TPSA) is 140 Å². The number of nitrogens with one attached hydrogen (secondary N) is 3. The summed E-state index contributed by atoms with van der Waals surface area (Å²) in [5.41, 5.74) is 4.83. The molecular formula is C33H56N6O4. The molecular weight excluding hydrogens is 544 g/mol. The highest BCUT2D eigenvalue weighted by atomic mass is 16.3. The highest BCUT2D eigenvalue weighted by molar-refractivity contribution is 5.52. The van der Waals surface area contributed by atoms with Gasteiger partial charge in [-0.05, 0) is 51.7 Å². The Bertz CT molecular complexity index is 886. The highest BCUT2D eigenvalue weighted by Crippen LogP contribution is 2.07. The van der Waals surface area contributed by atoms with E-state index in [4.69, 9.17) is 15.7 Å². The second-order valence-electron chi connectivity index (χ2n) is 9.23. The largest absolute Gasteiger partial charge is 0.508 e. The number of amides is 1. The molecule has 0 aliphatic carbocycles. The number of nitrogens with zero attached hydrogens (tertiary/aromatic N) is 2. The fourth-order valence-electron chi connectivity index (χ4n) is 2.95. The number of phenolic OH excluding ortho intramolecular Hbond substituents is 1. The third-order valence-electron chi connectivity index (χ3n) is 5.33. The molecule has 0 aromatic heterocycles. The van der Waals surface area contributed by atoms with Crippen LogP contribution in [0.15, 0.2) is 79.9 Å². The molecule has 10 nitrogen and oxygen atoms in total. The second kappa shape index (κ2) is 34.5. The number of benzene rings is 2. The van der Waals surface area contributed by atoms with Gasteiger partial charge in [-0.3, -0.25) is 26.3 Å². The molecule has 0 saturated carbocycles. The average Bonchev–Trinajstić information content (AvgIpc) is 3.02. The van der Waals surface area contributed by atoms with Crippen LogP contribution in [0.2, 0.25) is 0 Å². The summed E-state index contributed by atoms with van der Waals surface area (Å²) in [4.78, 5) is 33.6. The predicted octanol–water partition coefficient (Wildman–Crippen LogP) is 3.42. The predicted molar refractivity (Wildman–Crippen MR) is 179 cm³/mol. The zero-order valence-corrected chi connectivity index (χ0v) is 26.9. The van der Waals surface area contributed by atoms with Gasteiger partial charge in [0.15, 0.2) is 0 Å². The summed E-state index contributed by atoms with van der Waals surface area (Å²) in [5.74, 6) is 5.15. The maximum absolute atomic E-state index is 10.8. The Morgan fingerprint density at radius 1 is 0.977 bits per heavy atom. The van der Waals surface area contributed by atoms with Crippen LogP contribution in [0, 0.1) is 6.92 Å². The lowest BCUT2D eigenvalue weighted by atomic mass is 10.2. The minimum absolute atomic E-state index is 0.178. The third-order valence-corrected chi connectivity index (χ3v) is 5.33. The van der Waals surface area contributed by atoms with E-state index < -0.39 is 0 Å². The number of hydrazine groups is 1. The molecule has 0 aliphatic rings. The van der Waals surface area contributed by atoms with E-state index >= 15 is 0 Å². The van der Waals surface area contributed by atoms with Gasteiger partial charge in [-0.25, -0.2) is 0 Å². The van der Waals surface area contributed by atoms with E-state index in [1.165, 1.54) is 24.0 Å². The van der Waals surface area contributed by atoms with Crippen molar-refractivity contribution in [2.45, 2.75) is 45.8 Å². The van der Waals surface area contributed by atoms with Crippen molar-refractivity contribution in [1.82, 2.24) is 25.9 Å². The van der Waals surface area contributed by atoms with E-state index in [-0.39, 0.29) is 6.17 Å². The van der Waals surface area contributed by atoms with E-state index in [0.29, 0.717) is 31.7 Å². The van der Waals surface area contributed by atoms with Crippen LogP contribution in [0.3, 0.4) is 0 Å². The van der Waals surface area contributed by atoms with Gasteiger partial charge in [0.05, 0.1) is 12.7 Å². The molecule has 0 aliphatic heterocycles. The summed E-state index contributed by atoms with van der Waals surface area (Å²) in [6, 6.07) is 17.4. The van der Waals surface area contributed by atoms with Gasteiger partial charge in [-0.15, -0.1) is 13.2 Å². The Morgan fingerprint density at radius 3 is 1.95 bits per heavy atom. The molecule has 0 fully saturated rings. The summed E-state index contributed by atoms with van der Waals surface area (Å²) in [5, 5.41) is 14.6. The molecule has 0 spiro atoms. The Kier molecular flexibility index (Phi) is 35.2. The molecule has 1 unspecified atom stereocenters. The summed E-state index contributed by atoms with van der Waals surface area (Å²) >= 11 is 0. The number of carbonyl (C=O) groups excluding carboxylic acids is 3. The Labute approximate surface area is 260 Å². The molecule has 0 bridgehead atoms. The van der Waals surface area contributed by atoms with Gasteiger partial charge < -0.3 is 24.9 Å². The zero-order valence-electron chi connectivity index (χ0n) is 26.9. The summed E-state index contributed by atoms with van der Waals surface area (Å²) in [6.45, 7) is 14.9. The van der Waals surface area contributed by atoms with Crippen molar-refractivity contribution in [2.75, 3.05) is 47.3 Å². The number of nitrogens with two attached hydrogens (primary N) is 1. The number of allylic oxidation sites excluding steroid dienone is 1. The molecule has 2 aromatic carbocycles. The fraction of sp³-hybridized carbons (Fsp3) is 0.424. The van der Waals surface area contributed by atoms with Gasteiger partial charge >= 0.3 is 0 Å². The normalized spacial score (nSPS) is 10.0. The quantitative estimate of drug-likeness (QED) is 0.0645. The number of hydrogen-bond donors (Lipinski definition) is 5. The van der Waals surface area contributed by atoms with Crippen molar-refractivity contribution >= 4 is 19.0 Å². The number of likely N-dealkylation sites (N-methyl/N-ethyl adjacent to an activating group) is 2. The standard InChI is InChI=1S/C17H29N3O.C7H8O.C4H6O.C3H8N2.C2H5NO/c1-4-5-11-19(2)15-17(20(3)12-13-21)18-14-16-9-7-6-8-10-16;1-6-2-4-7(8)5-3-6;1-2-3-4-5;1-2-3-5-4;1-3-2-4/h6-10,13,17-18H,4-5,11-12,14-15H2,1-3H3;2-5,8H,1H3;2,4H,1,3H2;2,5H,1,3-4H2;2H,1H3,(H,3,4). The van der Waals surface area contributed by atoms with Gasteiger partial charge in [-0.1, -0.05) is 73.5 Å². The maximum Gasteiger partial charge on any atom is 0.206 e. The van der Waals surface area contributed by atoms with E-state index in [9.17, 15) is 9.59 Å². The first-order chi connectivity index (χ1) is 20.7. The van der Waals surface area contributed by atoms with Crippen LogP contribution in [-0.4, -0.2) is 87.4 Å². The SMILES string of the molecule is C=CCC=O.C=CCNN.CCCCN(C)CC(NCc1ccccc1)N(C)CC=O.CNC=O.Cc1ccc(O)cc1. The highest BCUT2D eigenvalue weighted by Gasteiger charge is 2.15. The molecule has 1 amide bonds. The van der Waals surface area contributed by atoms with Gasteiger partial charge in [0.25, 0.3) is 0 Å². The van der Waals surface area contributed by atoms with Crippen LogP contribution in [-0.2, 0) is 20.9 Å². The smallest absolute Gasteiger partial charge is 0.206 e. The molecule has 10 heteroatoms.